The first-order valence-electron chi connectivity index (χ1n) is 9.41. The lowest BCUT2D eigenvalue weighted by Crippen LogP contribution is -2.38. The van der Waals surface area contributed by atoms with E-state index in [1.54, 1.807) is 0 Å². The first-order valence-corrected chi connectivity index (χ1v) is 9.41. The summed E-state index contributed by atoms with van der Waals surface area (Å²) in [6, 6.07) is 16.1. The van der Waals surface area contributed by atoms with Gasteiger partial charge in [0.05, 0.1) is 6.10 Å². The molecule has 4 nitrogen and oxygen atoms in total. The van der Waals surface area contributed by atoms with E-state index in [1.807, 2.05) is 29.2 Å². The van der Waals surface area contributed by atoms with E-state index in [4.69, 9.17) is 10.5 Å². The summed E-state index contributed by atoms with van der Waals surface area (Å²) in [6.45, 7) is 4.73. The van der Waals surface area contributed by atoms with E-state index in [9.17, 15) is 4.79 Å². The molecule has 2 aromatic rings. The number of hydrogen-bond acceptors (Lipinski definition) is 3. The highest BCUT2D eigenvalue weighted by Gasteiger charge is 2.23. The highest BCUT2D eigenvalue weighted by atomic mass is 35.5. The van der Waals surface area contributed by atoms with Crippen molar-refractivity contribution >= 4 is 18.3 Å². The quantitative estimate of drug-likeness (QED) is 0.786. The minimum Gasteiger partial charge on any atom is -0.376 e. The van der Waals surface area contributed by atoms with Crippen molar-refractivity contribution < 1.29 is 9.53 Å². The van der Waals surface area contributed by atoms with Gasteiger partial charge in [0.2, 0.25) is 0 Å². The number of carbonyl (C=O) groups is 1. The minimum atomic E-state index is 0. The predicted octanol–water partition coefficient (Wildman–Crippen LogP) is 3.74. The van der Waals surface area contributed by atoms with Crippen molar-refractivity contribution in [3.8, 4) is 0 Å². The van der Waals surface area contributed by atoms with Crippen LogP contribution in [0.1, 0.15) is 39.9 Å². The zero-order chi connectivity index (χ0) is 18.4. The number of amides is 1. The van der Waals surface area contributed by atoms with Crippen molar-refractivity contribution in [2.45, 2.75) is 38.8 Å². The van der Waals surface area contributed by atoms with E-state index < -0.39 is 0 Å². The van der Waals surface area contributed by atoms with Crippen molar-refractivity contribution in [1.29, 1.82) is 0 Å². The van der Waals surface area contributed by atoms with Crippen molar-refractivity contribution in [2.75, 3.05) is 19.7 Å². The molecule has 1 fully saturated rings. The molecule has 1 heterocycles. The van der Waals surface area contributed by atoms with Crippen LogP contribution >= 0.6 is 12.4 Å². The topological polar surface area (TPSA) is 55.6 Å². The number of nitrogens with two attached hydrogens (primary N) is 1. The maximum Gasteiger partial charge on any atom is 0.253 e. The number of carbonyl (C=O) groups excluding carboxylic acids is 1. The minimum absolute atomic E-state index is 0. The fraction of sp³-hybridized carbons (Fsp3) is 0.409. The molecule has 1 saturated heterocycles. The van der Waals surface area contributed by atoms with Crippen molar-refractivity contribution in [2.24, 2.45) is 5.73 Å². The van der Waals surface area contributed by atoms with Gasteiger partial charge in [-0.1, -0.05) is 42.0 Å². The molecule has 1 aliphatic rings. The highest BCUT2D eigenvalue weighted by Crippen LogP contribution is 2.16. The normalized spacial score (nSPS) is 16.0. The maximum atomic E-state index is 13.0. The van der Waals surface area contributed by atoms with Crippen LogP contribution in [-0.2, 0) is 17.7 Å². The lowest BCUT2D eigenvalue weighted by atomic mass is 10.1. The monoisotopic (exact) mass is 388 g/mol. The Balaban J connectivity index is 0.00000261. The van der Waals surface area contributed by atoms with Crippen LogP contribution in [0, 0.1) is 6.92 Å². The molecule has 1 amide bonds. The smallest absolute Gasteiger partial charge is 0.253 e. The van der Waals surface area contributed by atoms with Gasteiger partial charge in [0, 0.05) is 31.8 Å². The average molecular weight is 389 g/mol. The Labute approximate surface area is 168 Å². The van der Waals surface area contributed by atoms with Crippen molar-refractivity contribution in [3.05, 3.63) is 70.8 Å². The first-order chi connectivity index (χ1) is 12.7. The Morgan fingerprint density at radius 3 is 2.37 bits per heavy atom. The van der Waals surface area contributed by atoms with Gasteiger partial charge in [-0.3, -0.25) is 4.79 Å². The third kappa shape index (κ3) is 6.06. The van der Waals surface area contributed by atoms with Gasteiger partial charge < -0.3 is 15.4 Å². The van der Waals surface area contributed by atoms with Crippen molar-refractivity contribution in [1.82, 2.24) is 4.90 Å². The Kier molecular flexibility index (Phi) is 8.29. The Morgan fingerprint density at radius 2 is 1.78 bits per heavy atom. The van der Waals surface area contributed by atoms with Gasteiger partial charge in [0.1, 0.15) is 0 Å². The van der Waals surface area contributed by atoms with E-state index >= 15 is 0 Å². The van der Waals surface area contributed by atoms with E-state index in [0.29, 0.717) is 25.2 Å². The lowest BCUT2D eigenvalue weighted by Gasteiger charge is -2.26. The van der Waals surface area contributed by atoms with Crippen LogP contribution in [0.3, 0.4) is 0 Å². The molecule has 1 atom stereocenters. The number of aryl methyl sites for hydroxylation is 1. The first kappa shape index (κ1) is 21.4. The number of rotatable bonds is 7. The fourth-order valence-corrected chi connectivity index (χ4v) is 3.29. The number of hydrogen-bond donors (Lipinski definition) is 1. The SMILES string of the molecule is Cc1ccc(CCN(CC2CCCO2)C(=O)c2ccc(CN)cc2)cc1.Cl. The molecule has 2 aromatic carbocycles. The zero-order valence-corrected chi connectivity index (χ0v) is 16.7. The summed E-state index contributed by atoms with van der Waals surface area (Å²) in [5.41, 5.74) is 9.90. The Morgan fingerprint density at radius 1 is 1.11 bits per heavy atom. The molecule has 2 N–H and O–H groups in total. The molecule has 0 aromatic heterocycles. The van der Waals surface area contributed by atoms with Gasteiger partial charge in [0.25, 0.3) is 5.91 Å². The molecule has 0 radical (unpaired) electrons. The molecule has 0 spiro atoms. The van der Waals surface area contributed by atoms with Crippen LogP contribution < -0.4 is 5.73 Å². The third-order valence-corrected chi connectivity index (χ3v) is 4.96. The van der Waals surface area contributed by atoms with Crippen LogP contribution in [-0.4, -0.2) is 36.6 Å². The third-order valence-electron chi connectivity index (χ3n) is 4.96. The molecule has 0 bridgehead atoms. The van der Waals surface area contributed by atoms with Crippen LogP contribution in [0.5, 0.6) is 0 Å². The highest BCUT2D eigenvalue weighted by molar-refractivity contribution is 5.94. The number of ether oxygens (including phenoxy) is 1. The second-order valence-corrected chi connectivity index (χ2v) is 7.02. The fourth-order valence-electron chi connectivity index (χ4n) is 3.29. The van der Waals surface area contributed by atoms with E-state index in [-0.39, 0.29) is 24.4 Å². The Bertz CT molecular complexity index is 710. The number of nitrogens with zero attached hydrogens (tertiary/aromatic N) is 1. The van der Waals surface area contributed by atoms with Crippen LogP contribution in [0.15, 0.2) is 48.5 Å². The molecule has 27 heavy (non-hydrogen) atoms. The van der Waals surface area contributed by atoms with Gasteiger partial charge in [-0.05, 0) is 49.4 Å². The van der Waals surface area contributed by atoms with Gasteiger partial charge in [-0.15, -0.1) is 12.4 Å². The molecule has 0 aliphatic carbocycles. The van der Waals surface area contributed by atoms with Gasteiger partial charge in [-0.25, -0.2) is 0 Å². The summed E-state index contributed by atoms with van der Waals surface area (Å²) in [5, 5.41) is 0. The second kappa shape index (κ2) is 10.5. The van der Waals surface area contributed by atoms with Crippen LogP contribution in [0.2, 0.25) is 0 Å². The lowest BCUT2D eigenvalue weighted by molar-refractivity contribution is 0.0529. The summed E-state index contributed by atoms with van der Waals surface area (Å²) in [7, 11) is 0. The second-order valence-electron chi connectivity index (χ2n) is 7.02. The summed E-state index contributed by atoms with van der Waals surface area (Å²) < 4.78 is 5.76. The maximum absolute atomic E-state index is 13.0. The standard InChI is InChI=1S/C22H28N2O2.ClH/c1-17-4-6-18(7-5-17)12-13-24(16-21-3-2-14-26-21)22(25)20-10-8-19(15-23)9-11-20;/h4-11,21H,2-3,12-16,23H2,1H3;1H. The summed E-state index contributed by atoms with van der Waals surface area (Å²) in [5.74, 6) is 0.0659. The molecule has 3 rings (SSSR count). The van der Waals surface area contributed by atoms with Crippen molar-refractivity contribution in [3.63, 3.8) is 0 Å². The summed E-state index contributed by atoms with van der Waals surface area (Å²) in [6.07, 6.45) is 3.11. The molecule has 0 saturated carbocycles. The molecular weight excluding hydrogens is 360 g/mol. The summed E-state index contributed by atoms with van der Waals surface area (Å²) >= 11 is 0. The van der Waals surface area contributed by atoms with Crippen LogP contribution in [0.25, 0.3) is 0 Å². The Hall–Kier alpha value is -1.88. The number of benzene rings is 2. The average Bonchev–Trinajstić information content (AvgIpc) is 3.19. The van der Waals surface area contributed by atoms with Crippen LogP contribution in [0.4, 0.5) is 0 Å². The van der Waals surface area contributed by atoms with E-state index in [1.165, 1.54) is 11.1 Å². The number of halogens is 1. The summed E-state index contributed by atoms with van der Waals surface area (Å²) in [4.78, 5) is 15.0. The molecule has 1 aliphatic heterocycles. The molecule has 5 heteroatoms. The van der Waals surface area contributed by atoms with E-state index in [2.05, 4.69) is 31.2 Å². The largest absolute Gasteiger partial charge is 0.376 e. The zero-order valence-electron chi connectivity index (χ0n) is 15.9. The molecular formula is C22H29ClN2O2. The van der Waals surface area contributed by atoms with Gasteiger partial charge in [-0.2, -0.15) is 0 Å². The predicted molar refractivity (Wildman–Crippen MR) is 111 cm³/mol. The molecule has 146 valence electrons. The van der Waals surface area contributed by atoms with Gasteiger partial charge >= 0.3 is 0 Å². The van der Waals surface area contributed by atoms with E-state index in [0.717, 1.165) is 31.4 Å². The molecule has 1 unspecified atom stereocenters. The van der Waals surface area contributed by atoms with Gasteiger partial charge in [0.15, 0.2) is 0 Å².